The van der Waals surface area contributed by atoms with E-state index in [-0.39, 0.29) is 6.10 Å². The summed E-state index contributed by atoms with van der Waals surface area (Å²) in [5.41, 5.74) is 3.20. The molecule has 2 atom stereocenters. The van der Waals surface area contributed by atoms with Crippen LogP contribution in [0, 0.1) is 12.3 Å². The summed E-state index contributed by atoms with van der Waals surface area (Å²) in [7, 11) is 1.45. The number of hydrogen-bond donors (Lipinski definition) is 1. The zero-order valence-electron chi connectivity index (χ0n) is 17.7. The van der Waals surface area contributed by atoms with Crippen LogP contribution >= 0.6 is 0 Å². The number of nitrogens with one attached hydrogen (secondary N) is 1. The lowest BCUT2D eigenvalue weighted by Gasteiger charge is -2.31. The van der Waals surface area contributed by atoms with Crippen LogP contribution in [0.5, 0.6) is 0 Å². The molecule has 0 fully saturated rings. The lowest BCUT2D eigenvalue weighted by Crippen LogP contribution is -2.34. The van der Waals surface area contributed by atoms with E-state index in [2.05, 4.69) is 11.2 Å². The van der Waals surface area contributed by atoms with Gasteiger partial charge in [0.2, 0.25) is 0 Å². The molecule has 0 amide bonds. The van der Waals surface area contributed by atoms with Gasteiger partial charge in [0.15, 0.2) is 6.29 Å². The van der Waals surface area contributed by atoms with Crippen molar-refractivity contribution in [3.63, 3.8) is 0 Å². The number of benzene rings is 1. The predicted octanol–water partition coefficient (Wildman–Crippen LogP) is 3.39. The van der Waals surface area contributed by atoms with Crippen molar-refractivity contribution in [3.05, 3.63) is 57.9 Å². The lowest BCUT2D eigenvalue weighted by molar-refractivity contribution is -0.165. The third-order valence-corrected chi connectivity index (χ3v) is 4.53. The number of rotatable bonds is 6. The molecule has 1 N–H and O–H groups in total. The fourth-order valence-corrected chi connectivity index (χ4v) is 3.22. The zero-order chi connectivity index (χ0) is 21.7. The molecule has 0 spiro atoms. The molecule has 0 aliphatic carbocycles. The molecule has 0 saturated heterocycles. The van der Waals surface area contributed by atoms with Gasteiger partial charge in [-0.1, -0.05) is 18.1 Å². The summed E-state index contributed by atoms with van der Waals surface area (Å²) in [5.74, 6) is 0.821. The first kappa shape index (κ1) is 22.3. The topological polar surface area (TPSA) is 73.9 Å². The van der Waals surface area contributed by atoms with Gasteiger partial charge in [-0.15, -0.1) is 6.42 Å². The van der Waals surface area contributed by atoms with Gasteiger partial charge in [0.05, 0.1) is 23.2 Å². The second-order valence-electron chi connectivity index (χ2n) is 7.07. The first-order valence-electron chi connectivity index (χ1n) is 9.39. The van der Waals surface area contributed by atoms with Gasteiger partial charge in [0.25, 0.3) is 0 Å². The van der Waals surface area contributed by atoms with E-state index in [4.69, 9.17) is 20.6 Å². The molecule has 1 aliphatic heterocycles. The van der Waals surface area contributed by atoms with Crippen LogP contribution in [0.3, 0.4) is 0 Å². The highest BCUT2D eigenvalue weighted by molar-refractivity contribution is 6.00. The Morgan fingerprint density at radius 3 is 2.17 bits per heavy atom. The molecule has 6 heteroatoms. The molecule has 0 saturated carbocycles. The molecule has 0 radical (unpaired) electrons. The highest BCUT2D eigenvalue weighted by Gasteiger charge is 2.38. The van der Waals surface area contributed by atoms with Gasteiger partial charge < -0.3 is 19.5 Å². The number of methoxy groups -OCH3 is 1. The number of esters is 2. The first-order chi connectivity index (χ1) is 13.7. The Labute approximate surface area is 171 Å². The van der Waals surface area contributed by atoms with E-state index in [1.54, 1.807) is 52.8 Å². The number of carbonyl (C=O) groups is 2. The Bertz CT molecular complexity index is 904. The monoisotopic (exact) mass is 397 g/mol. The van der Waals surface area contributed by atoms with Gasteiger partial charge in [0, 0.05) is 24.1 Å². The number of terminal acetylenes is 1. The van der Waals surface area contributed by atoms with E-state index < -0.39 is 24.1 Å². The number of dihydropyridines is 1. The van der Waals surface area contributed by atoms with E-state index >= 15 is 0 Å². The number of allylic oxidation sites excluding steroid dienone is 2. The fourth-order valence-electron chi connectivity index (χ4n) is 3.22. The van der Waals surface area contributed by atoms with E-state index in [0.717, 1.165) is 0 Å². The summed E-state index contributed by atoms with van der Waals surface area (Å²) in [4.78, 5) is 25.9. The van der Waals surface area contributed by atoms with Crippen LogP contribution in [0.15, 0.2) is 46.8 Å². The van der Waals surface area contributed by atoms with E-state index in [9.17, 15) is 9.59 Å². The fraction of sp³-hybridized carbons (Fsp3) is 0.391. The van der Waals surface area contributed by atoms with Gasteiger partial charge in [-0.2, -0.15) is 0 Å². The SMILES string of the molecule is C#Cc1cccc(C2C(C(=O)OC(C)C)=C(C)NC(C)=C2C(=O)OC(C)OC)c1. The molecule has 1 aliphatic rings. The zero-order valence-corrected chi connectivity index (χ0v) is 17.7. The molecule has 2 rings (SSSR count). The Morgan fingerprint density at radius 2 is 1.66 bits per heavy atom. The lowest BCUT2D eigenvalue weighted by atomic mass is 9.80. The molecule has 1 aromatic carbocycles. The summed E-state index contributed by atoms with van der Waals surface area (Å²) in [6.45, 7) is 8.70. The third-order valence-electron chi connectivity index (χ3n) is 4.53. The summed E-state index contributed by atoms with van der Waals surface area (Å²) in [5, 5.41) is 3.11. The molecule has 29 heavy (non-hydrogen) atoms. The van der Waals surface area contributed by atoms with E-state index in [1.165, 1.54) is 7.11 Å². The van der Waals surface area contributed by atoms with Crippen molar-refractivity contribution in [1.82, 2.24) is 5.32 Å². The van der Waals surface area contributed by atoms with Crippen LogP contribution < -0.4 is 5.32 Å². The summed E-state index contributed by atoms with van der Waals surface area (Å²) >= 11 is 0. The normalized spacial score (nSPS) is 17.5. The number of ether oxygens (including phenoxy) is 3. The van der Waals surface area contributed by atoms with Crippen molar-refractivity contribution >= 4 is 11.9 Å². The van der Waals surface area contributed by atoms with Crippen LogP contribution in [0.2, 0.25) is 0 Å². The van der Waals surface area contributed by atoms with Crippen LogP contribution in [0.25, 0.3) is 0 Å². The molecule has 0 aromatic heterocycles. The minimum absolute atomic E-state index is 0.309. The predicted molar refractivity (Wildman–Crippen MR) is 109 cm³/mol. The molecule has 154 valence electrons. The van der Waals surface area contributed by atoms with Crippen LogP contribution in [-0.4, -0.2) is 31.4 Å². The van der Waals surface area contributed by atoms with Crippen molar-refractivity contribution in [2.75, 3.05) is 7.11 Å². The molecular weight excluding hydrogens is 370 g/mol. The smallest absolute Gasteiger partial charge is 0.339 e. The highest BCUT2D eigenvalue weighted by Crippen LogP contribution is 2.39. The summed E-state index contributed by atoms with van der Waals surface area (Å²) in [6, 6.07) is 7.19. The molecule has 6 nitrogen and oxygen atoms in total. The number of carbonyl (C=O) groups excluding carboxylic acids is 2. The first-order valence-corrected chi connectivity index (χ1v) is 9.39. The van der Waals surface area contributed by atoms with Crippen molar-refractivity contribution in [2.24, 2.45) is 0 Å². The molecule has 1 heterocycles. The average Bonchev–Trinajstić information content (AvgIpc) is 2.66. The minimum Gasteiger partial charge on any atom is -0.460 e. The molecule has 2 unspecified atom stereocenters. The maximum absolute atomic E-state index is 13.0. The Hall–Kier alpha value is -3.04. The summed E-state index contributed by atoms with van der Waals surface area (Å²) in [6.07, 6.45) is 4.51. The van der Waals surface area contributed by atoms with Crippen molar-refractivity contribution in [2.45, 2.75) is 52.9 Å². The van der Waals surface area contributed by atoms with Gasteiger partial charge in [-0.25, -0.2) is 9.59 Å². The number of hydrogen-bond acceptors (Lipinski definition) is 6. The van der Waals surface area contributed by atoms with Gasteiger partial charge in [-0.3, -0.25) is 0 Å². The van der Waals surface area contributed by atoms with E-state index in [1.807, 2.05) is 6.07 Å². The second-order valence-corrected chi connectivity index (χ2v) is 7.07. The molecule has 0 bridgehead atoms. The van der Waals surface area contributed by atoms with Crippen LogP contribution in [-0.2, 0) is 23.8 Å². The van der Waals surface area contributed by atoms with Crippen LogP contribution in [0.1, 0.15) is 51.7 Å². The largest absolute Gasteiger partial charge is 0.460 e. The third kappa shape index (κ3) is 5.07. The molecular formula is C23H27NO5. The van der Waals surface area contributed by atoms with Crippen LogP contribution in [0.4, 0.5) is 0 Å². The Morgan fingerprint density at radius 1 is 1.07 bits per heavy atom. The minimum atomic E-state index is -0.737. The van der Waals surface area contributed by atoms with Crippen molar-refractivity contribution in [1.29, 1.82) is 0 Å². The summed E-state index contributed by atoms with van der Waals surface area (Å²) < 4.78 is 15.9. The average molecular weight is 397 g/mol. The quantitative estimate of drug-likeness (QED) is 0.451. The maximum Gasteiger partial charge on any atom is 0.339 e. The standard InChI is InChI=1S/C23H27NO5/c1-8-17-10-9-11-18(12-17)21-19(22(25)28-13(2)3)14(4)24-15(5)20(21)23(26)29-16(6)27-7/h1,9-13,16,21,24H,2-7H3. The molecule has 1 aromatic rings. The Balaban J connectivity index is 2.64. The van der Waals surface area contributed by atoms with Gasteiger partial charge in [-0.05, 0) is 52.3 Å². The maximum atomic E-state index is 13.0. The highest BCUT2D eigenvalue weighted by atomic mass is 16.7. The van der Waals surface area contributed by atoms with Gasteiger partial charge >= 0.3 is 11.9 Å². The second kappa shape index (κ2) is 9.44. The van der Waals surface area contributed by atoms with Crippen molar-refractivity contribution < 1.29 is 23.8 Å². The van der Waals surface area contributed by atoms with Gasteiger partial charge in [0.1, 0.15) is 0 Å². The Kier molecular flexibility index (Phi) is 7.24. The van der Waals surface area contributed by atoms with E-state index in [0.29, 0.717) is 33.7 Å². The van der Waals surface area contributed by atoms with Crippen molar-refractivity contribution in [3.8, 4) is 12.3 Å².